The van der Waals surface area contributed by atoms with Crippen molar-refractivity contribution in [2.45, 2.75) is 39.3 Å². The number of aryl methyl sites for hydroxylation is 3. The summed E-state index contributed by atoms with van der Waals surface area (Å²) in [7, 11) is 0. The largest absolute Gasteiger partial charge is 0.479 e. The molecule has 0 saturated heterocycles. The maximum atomic E-state index is 13.0. The zero-order valence-electron chi connectivity index (χ0n) is 19.6. The summed E-state index contributed by atoms with van der Waals surface area (Å²) in [6, 6.07) is 9.57. The molecule has 0 spiro atoms. The fourth-order valence-corrected chi connectivity index (χ4v) is 4.66. The van der Waals surface area contributed by atoms with Gasteiger partial charge < -0.3 is 19.2 Å². The SMILES string of the molecule is Cc1cccc(Cn2cc3c(n2)-c2c(oc(C(=O)NC[C@H]4COc5ncccc5O4)c2C)CC3)n1. The van der Waals surface area contributed by atoms with Gasteiger partial charge in [-0.05, 0) is 50.1 Å². The summed E-state index contributed by atoms with van der Waals surface area (Å²) in [4.78, 5) is 21.7. The quantitative estimate of drug-likeness (QED) is 0.476. The molecule has 0 aromatic carbocycles. The lowest BCUT2D eigenvalue weighted by Gasteiger charge is -2.25. The summed E-state index contributed by atoms with van der Waals surface area (Å²) in [5, 5.41) is 7.76. The van der Waals surface area contributed by atoms with Gasteiger partial charge in [0.1, 0.15) is 12.4 Å². The first-order valence-electron chi connectivity index (χ1n) is 11.7. The van der Waals surface area contributed by atoms with Crippen LogP contribution in [0.25, 0.3) is 11.3 Å². The molecule has 0 radical (unpaired) electrons. The average Bonchev–Trinajstić information content (AvgIpc) is 3.42. The topological polar surface area (TPSA) is 104 Å². The first-order chi connectivity index (χ1) is 17.0. The van der Waals surface area contributed by atoms with Crippen molar-refractivity contribution in [3.8, 4) is 22.9 Å². The van der Waals surface area contributed by atoms with E-state index in [2.05, 4.69) is 21.5 Å². The summed E-state index contributed by atoms with van der Waals surface area (Å²) in [5.41, 5.74) is 5.70. The van der Waals surface area contributed by atoms with Gasteiger partial charge in [0.15, 0.2) is 17.6 Å². The van der Waals surface area contributed by atoms with E-state index < -0.39 is 0 Å². The number of aromatic nitrogens is 4. The molecule has 0 unspecified atom stereocenters. The molecular weight excluding hydrogens is 446 g/mol. The number of hydrogen-bond acceptors (Lipinski definition) is 7. The predicted octanol–water partition coefficient (Wildman–Crippen LogP) is 3.27. The minimum Gasteiger partial charge on any atom is -0.479 e. The van der Waals surface area contributed by atoms with Gasteiger partial charge in [0.25, 0.3) is 11.8 Å². The van der Waals surface area contributed by atoms with Crippen molar-refractivity contribution in [2.24, 2.45) is 0 Å². The Bertz CT molecular complexity index is 1420. The molecule has 35 heavy (non-hydrogen) atoms. The predicted molar refractivity (Wildman–Crippen MR) is 127 cm³/mol. The molecule has 9 nitrogen and oxygen atoms in total. The Morgan fingerprint density at radius 3 is 3.00 bits per heavy atom. The minimum absolute atomic E-state index is 0.276. The average molecular weight is 472 g/mol. The van der Waals surface area contributed by atoms with Crippen molar-refractivity contribution in [1.82, 2.24) is 25.1 Å². The Hall–Kier alpha value is -4.14. The van der Waals surface area contributed by atoms with Gasteiger partial charge in [-0.25, -0.2) is 4.98 Å². The zero-order valence-corrected chi connectivity index (χ0v) is 19.6. The summed E-state index contributed by atoms with van der Waals surface area (Å²) < 4.78 is 19.5. The van der Waals surface area contributed by atoms with Crippen LogP contribution in [0.5, 0.6) is 11.6 Å². The third-order valence-corrected chi connectivity index (χ3v) is 6.32. The van der Waals surface area contributed by atoms with Crippen LogP contribution in [-0.4, -0.2) is 44.9 Å². The number of pyridine rings is 2. The molecule has 4 aromatic rings. The highest BCUT2D eigenvalue weighted by Crippen LogP contribution is 2.38. The van der Waals surface area contributed by atoms with E-state index in [0.717, 1.165) is 52.4 Å². The van der Waals surface area contributed by atoms with Gasteiger partial charge in [-0.1, -0.05) is 6.07 Å². The van der Waals surface area contributed by atoms with E-state index in [4.69, 9.17) is 19.0 Å². The maximum absolute atomic E-state index is 13.0. The Labute approximate surface area is 202 Å². The highest BCUT2D eigenvalue weighted by atomic mass is 16.6. The van der Waals surface area contributed by atoms with Gasteiger partial charge >= 0.3 is 0 Å². The smallest absolute Gasteiger partial charge is 0.287 e. The van der Waals surface area contributed by atoms with Gasteiger partial charge in [0, 0.05) is 35.6 Å². The molecule has 5 heterocycles. The summed E-state index contributed by atoms with van der Waals surface area (Å²) >= 11 is 0. The van der Waals surface area contributed by atoms with Crippen LogP contribution in [0.15, 0.2) is 47.1 Å². The number of carbonyl (C=O) groups excluding carboxylic acids is 1. The van der Waals surface area contributed by atoms with Crippen LogP contribution in [0, 0.1) is 13.8 Å². The Balaban J connectivity index is 1.18. The van der Waals surface area contributed by atoms with E-state index in [1.54, 1.807) is 18.3 Å². The fourth-order valence-electron chi connectivity index (χ4n) is 4.66. The Morgan fingerprint density at radius 1 is 1.20 bits per heavy atom. The van der Waals surface area contributed by atoms with Crippen LogP contribution in [0.4, 0.5) is 0 Å². The molecule has 0 bridgehead atoms. The normalized spacial score (nSPS) is 15.9. The number of furan rings is 1. The van der Waals surface area contributed by atoms with E-state index in [0.29, 0.717) is 37.1 Å². The number of fused-ring (bicyclic) bond motifs is 4. The zero-order chi connectivity index (χ0) is 23.9. The van der Waals surface area contributed by atoms with E-state index in [1.165, 1.54) is 0 Å². The number of ether oxygens (including phenoxy) is 2. The van der Waals surface area contributed by atoms with Crippen molar-refractivity contribution in [3.05, 3.63) is 76.8 Å². The Kier molecular flexibility index (Phi) is 5.24. The summed E-state index contributed by atoms with van der Waals surface area (Å²) in [5.74, 6) is 1.89. The lowest BCUT2D eigenvalue weighted by atomic mass is 9.93. The van der Waals surface area contributed by atoms with E-state index in [9.17, 15) is 4.79 Å². The van der Waals surface area contributed by atoms with Gasteiger partial charge in [0.2, 0.25) is 0 Å². The number of amides is 1. The van der Waals surface area contributed by atoms with Crippen molar-refractivity contribution in [2.75, 3.05) is 13.2 Å². The highest BCUT2D eigenvalue weighted by Gasteiger charge is 2.30. The van der Waals surface area contributed by atoms with Crippen molar-refractivity contribution in [3.63, 3.8) is 0 Å². The van der Waals surface area contributed by atoms with Crippen LogP contribution in [0.1, 0.15) is 38.8 Å². The van der Waals surface area contributed by atoms with Gasteiger partial charge in [0.05, 0.1) is 24.5 Å². The number of hydrogen-bond donors (Lipinski definition) is 1. The number of nitrogens with one attached hydrogen (secondary N) is 1. The van der Waals surface area contributed by atoms with Gasteiger partial charge in [-0.15, -0.1) is 0 Å². The number of rotatable bonds is 5. The van der Waals surface area contributed by atoms with Crippen molar-refractivity contribution < 1.29 is 18.7 Å². The maximum Gasteiger partial charge on any atom is 0.287 e. The minimum atomic E-state index is -0.307. The molecule has 1 aliphatic carbocycles. The highest BCUT2D eigenvalue weighted by molar-refractivity contribution is 5.95. The molecule has 2 aliphatic rings. The molecule has 0 saturated carbocycles. The fraction of sp³-hybridized carbons (Fsp3) is 0.308. The standard InChI is InChI=1S/C26H25N5O4/c1-15-5-3-6-18(29-15)13-31-12-17-8-9-20-22(23(17)30-31)16(2)24(35-20)25(32)28-11-19-14-33-26-21(34-19)7-4-10-27-26/h3-7,10,12,19H,8-9,11,13-14H2,1-2H3,(H,28,32)/t19-/m0/s1. The third-order valence-electron chi connectivity index (χ3n) is 6.32. The van der Waals surface area contributed by atoms with E-state index in [1.807, 2.05) is 36.7 Å². The first-order valence-corrected chi connectivity index (χ1v) is 11.7. The molecule has 6 rings (SSSR count). The molecule has 1 aliphatic heterocycles. The molecule has 1 N–H and O–H groups in total. The molecule has 0 fully saturated rings. The molecule has 9 heteroatoms. The van der Waals surface area contributed by atoms with Crippen molar-refractivity contribution >= 4 is 5.91 Å². The second kappa shape index (κ2) is 8.57. The molecular formula is C26H25N5O4. The number of nitrogens with zero attached hydrogens (tertiary/aromatic N) is 4. The Morgan fingerprint density at radius 2 is 2.11 bits per heavy atom. The van der Waals surface area contributed by atoms with Crippen LogP contribution in [0.3, 0.4) is 0 Å². The molecule has 1 amide bonds. The van der Waals surface area contributed by atoms with E-state index in [-0.39, 0.29) is 12.0 Å². The number of carbonyl (C=O) groups is 1. The first kappa shape index (κ1) is 21.4. The van der Waals surface area contributed by atoms with Crippen LogP contribution >= 0.6 is 0 Å². The van der Waals surface area contributed by atoms with Crippen LogP contribution < -0.4 is 14.8 Å². The monoisotopic (exact) mass is 471 g/mol. The molecule has 1 atom stereocenters. The van der Waals surface area contributed by atoms with Gasteiger partial charge in [-0.3, -0.25) is 14.5 Å². The van der Waals surface area contributed by atoms with Gasteiger partial charge in [-0.2, -0.15) is 5.10 Å². The van der Waals surface area contributed by atoms with Crippen molar-refractivity contribution in [1.29, 1.82) is 0 Å². The van der Waals surface area contributed by atoms with Crippen LogP contribution in [-0.2, 0) is 19.4 Å². The second-order valence-electron chi connectivity index (χ2n) is 8.89. The lowest BCUT2D eigenvalue weighted by Crippen LogP contribution is -2.41. The third kappa shape index (κ3) is 4.03. The lowest BCUT2D eigenvalue weighted by molar-refractivity contribution is 0.0748. The second-order valence-corrected chi connectivity index (χ2v) is 8.89. The molecule has 178 valence electrons. The van der Waals surface area contributed by atoms with E-state index >= 15 is 0 Å². The molecule has 4 aromatic heterocycles. The summed E-state index contributed by atoms with van der Waals surface area (Å²) in [6.45, 7) is 5.09. The van der Waals surface area contributed by atoms with Crippen LogP contribution in [0.2, 0.25) is 0 Å². The summed E-state index contributed by atoms with van der Waals surface area (Å²) in [6.07, 6.45) is 4.96.